The molecule has 5 heteroatoms. The highest BCUT2D eigenvalue weighted by Gasteiger charge is 2.27. The second kappa shape index (κ2) is 13.4. The van der Waals surface area contributed by atoms with Gasteiger partial charge in [-0.05, 0) is 24.5 Å². The van der Waals surface area contributed by atoms with Crippen LogP contribution in [0.2, 0.25) is 0 Å². The van der Waals surface area contributed by atoms with E-state index in [2.05, 4.69) is 27.9 Å². The molecule has 1 aromatic carbocycles. The molecule has 168 valence electrons. The molecule has 1 atom stereocenters. The summed E-state index contributed by atoms with van der Waals surface area (Å²) in [5, 5.41) is 0. The summed E-state index contributed by atoms with van der Waals surface area (Å²) in [6, 6.07) is 6.99. The standard InChI is InChI=1S/C24H43NO3S/c1-5-7-8-9-10-11-12-13-14-17-22(21-25(3,4)20-6-2)23-18-15-16-19-24(23)29(26,27)28/h15-16,18-19,22H,5-14,17,20-21H2,1-4H3/p+1. The number of nitrogens with zero attached hydrogens (tertiary/aromatic N) is 1. The Balaban J connectivity index is 2.72. The lowest BCUT2D eigenvalue weighted by molar-refractivity contribution is -0.891. The van der Waals surface area contributed by atoms with E-state index >= 15 is 0 Å². The summed E-state index contributed by atoms with van der Waals surface area (Å²) in [5.74, 6) is 0.138. The molecular formula is C24H44NO3S+. The quantitative estimate of drug-likeness (QED) is 0.188. The molecule has 0 amide bonds. The van der Waals surface area contributed by atoms with Gasteiger partial charge in [0.05, 0.1) is 32.1 Å². The molecule has 0 saturated heterocycles. The highest BCUT2D eigenvalue weighted by Crippen LogP contribution is 2.30. The molecule has 0 fully saturated rings. The molecule has 0 radical (unpaired) electrons. The van der Waals surface area contributed by atoms with Gasteiger partial charge in [0.2, 0.25) is 0 Å². The van der Waals surface area contributed by atoms with Crippen molar-refractivity contribution in [3.05, 3.63) is 29.8 Å². The first kappa shape index (κ1) is 26.1. The summed E-state index contributed by atoms with van der Waals surface area (Å²) in [6.07, 6.45) is 13.6. The molecule has 4 nitrogen and oxygen atoms in total. The Morgan fingerprint density at radius 3 is 1.97 bits per heavy atom. The van der Waals surface area contributed by atoms with E-state index in [-0.39, 0.29) is 10.8 Å². The van der Waals surface area contributed by atoms with Crippen LogP contribution in [0.15, 0.2) is 29.2 Å². The maximum absolute atomic E-state index is 11.9. The lowest BCUT2D eigenvalue weighted by atomic mass is 9.91. The van der Waals surface area contributed by atoms with Crippen molar-refractivity contribution >= 4 is 10.1 Å². The lowest BCUT2D eigenvalue weighted by Gasteiger charge is -2.34. The van der Waals surface area contributed by atoms with E-state index in [9.17, 15) is 13.0 Å². The monoisotopic (exact) mass is 426 g/mol. The summed E-state index contributed by atoms with van der Waals surface area (Å²) in [5.41, 5.74) is 0.775. The molecule has 0 saturated carbocycles. The molecule has 1 N–H and O–H groups in total. The molecule has 0 heterocycles. The smallest absolute Gasteiger partial charge is 0.294 e. The number of unbranched alkanes of at least 4 members (excludes halogenated alkanes) is 8. The maximum atomic E-state index is 11.9. The second-order valence-corrected chi connectivity index (χ2v) is 10.6. The van der Waals surface area contributed by atoms with Crippen LogP contribution in [0.4, 0.5) is 0 Å². The minimum absolute atomic E-state index is 0.0809. The van der Waals surface area contributed by atoms with Crippen molar-refractivity contribution in [3.8, 4) is 0 Å². The summed E-state index contributed by atoms with van der Waals surface area (Å²) >= 11 is 0. The van der Waals surface area contributed by atoms with Crippen molar-refractivity contribution in [2.45, 2.75) is 95.3 Å². The largest absolute Gasteiger partial charge is 0.328 e. The summed E-state index contributed by atoms with van der Waals surface area (Å²) in [6.45, 7) is 6.37. The summed E-state index contributed by atoms with van der Waals surface area (Å²) in [4.78, 5) is 0.0809. The topological polar surface area (TPSA) is 54.4 Å². The SMILES string of the molecule is CCCCCCCCCCCC(C[N+](C)(C)CCC)c1ccccc1S(=O)(=O)O. The third kappa shape index (κ3) is 10.6. The number of quaternary nitrogens is 1. The molecule has 1 rings (SSSR count). The minimum atomic E-state index is -4.20. The van der Waals surface area contributed by atoms with Crippen LogP contribution in [0.1, 0.15) is 96.0 Å². The van der Waals surface area contributed by atoms with Crippen molar-refractivity contribution in [2.24, 2.45) is 0 Å². The van der Waals surface area contributed by atoms with Crippen LogP contribution in [0.25, 0.3) is 0 Å². The highest BCUT2D eigenvalue weighted by molar-refractivity contribution is 7.85. The van der Waals surface area contributed by atoms with Gasteiger partial charge in [-0.2, -0.15) is 8.42 Å². The predicted octanol–water partition coefficient (Wildman–Crippen LogP) is 6.42. The molecule has 0 spiro atoms. The molecule has 1 unspecified atom stereocenters. The van der Waals surface area contributed by atoms with Crippen LogP contribution in [0.3, 0.4) is 0 Å². The van der Waals surface area contributed by atoms with Crippen LogP contribution in [0.5, 0.6) is 0 Å². The zero-order valence-corrected chi connectivity index (χ0v) is 20.0. The van der Waals surface area contributed by atoms with Crippen molar-refractivity contribution in [2.75, 3.05) is 27.2 Å². The zero-order chi connectivity index (χ0) is 21.8. The first-order valence-electron chi connectivity index (χ1n) is 11.6. The third-order valence-corrected chi connectivity index (χ3v) is 6.76. The van der Waals surface area contributed by atoms with Crippen LogP contribution in [0, 0.1) is 0 Å². The molecule has 0 aliphatic heterocycles. The van der Waals surface area contributed by atoms with Gasteiger partial charge in [-0.1, -0.05) is 89.8 Å². The van der Waals surface area contributed by atoms with Crippen LogP contribution in [-0.4, -0.2) is 44.6 Å². The van der Waals surface area contributed by atoms with E-state index in [1.807, 2.05) is 12.1 Å². The second-order valence-electron chi connectivity index (χ2n) is 9.17. The fraction of sp³-hybridized carbons (Fsp3) is 0.750. The van der Waals surface area contributed by atoms with Gasteiger partial charge in [-0.15, -0.1) is 0 Å². The minimum Gasteiger partial charge on any atom is -0.328 e. The van der Waals surface area contributed by atoms with E-state index in [0.717, 1.165) is 42.4 Å². The maximum Gasteiger partial charge on any atom is 0.294 e. The molecule has 0 aliphatic carbocycles. The summed E-state index contributed by atoms with van der Waals surface area (Å²) < 4.78 is 34.4. The average molecular weight is 427 g/mol. The van der Waals surface area contributed by atoms with Gasteiger partial charge in [-0.25, -0.2) is 0 Å². The normalized spacial score (nSPS) is 13.6. The van der Waals surface area contributed by atoms with Gasteiger partial charge in [0.15, 0.2) is 0 Å². The first-order chi connectivity index (χ1) is 13.7. The van der Waals surface area contributed by atoms with Gasteiger partial charge in [-0.3, -0.25) is 4.55 Å². The Morgan fingerprint density at radius 1 is 0.862 bits per heavy atom. The number of hydrogen-bond acceptors (Lipinski definition) is 2. The van der Waals surface area contributed by atoms with E-state index in [4.69, 9.17) is 0 Å². The zero-order valence-electron chi connectivity index (χ0n) is 19.2. The number of likely N-dealkylation sites (N-methyl/N-ethyl adjacent to an activating group) is 1. The van der Waals surface area contributed by atoms with Crippen molar-refractivity contribution in [3.63, 3.8) is 0 Å². The van der Waals surface area contributed by atoms with Gasteiger partial charge in [0, 0.05) is 5.92 Å². The predicted molar refractivity (Wildman–Crippen MR) is 123 cm³/mol. The highest BCUT2D eigenvalue weighted by atomic mass is 32.2. The molecule has 29 heavy (non-hydrogen) atoms. The fourth-order valence-corrected chi connectivity index (χ4v) is 5.18. The molecule has 0 aliphatic rings. The number of benzene rings is 1. The van der Waals surface area contributed by atoms with Crippen molar-refractivity contribution < 1.29 is 17.5 Å². The summed E-state index contributed by atoms with van der Waals surface area (Å²) in [7, 11) is 0.219. The molecule has 1 aromatic rings. The van der Waals surface area contributed by atoms with E-state index in [0.29, 0.717) is 0 Å². The number of rotatable bonds is 16. The molecule has 0 aromatic heterocycles. The Bertz CT molecular complexity index is 670. The number of hydrogen-bond donors (Lipinski definition) is 1. The van der Waals surface area contributed by atoms with E-state index in [1.54, 1.807) is 6.07 Å². The first-order valence-corrected chi connectivity index (χ1v) is 13.0. The van der Waals surface area contributed by atoms with Crippen LogP contribution >= 0.6 is 0 Å². The van der Waals surface area contributed by atoms with Gasteiger partial charge in [0.1, 0.15) is 0 Å². The Kier molecular flexibility index (Phi) is 12.1. The van der Waals surface area contributed by atoms with Crippen LogP contribution < -0.4 is 0 Å². The Hall–Kier alpha value is -0.910. The molecular weight excluding hydrogens is 382 g/mol. The van der Waals surface area contributed by atoms with E-state index < -0.39 is 10.1 Å². The molecule has 0 bridgehead atoms. The average Bonchev–Trinajstić information content (AvgIpc) is 2.65. The van der Waals surface area contributed by atoms with E-state index in [1.165, 1.54) is 57.4 Å². The van der Waals surface area contributed by atoms with Crippen molar-refractivity contribution in [1.29, 1.82) is 0 Å². The fourth-order valence-electron chi connectivity index (χ4n) is 4.39. The van der Waals surface area contributed by atoms with Crippen LogP contribution in [-0.2, 0) is 10.1 Å². The van der Waals surface area contributed by atoms with Gasteiger partial charge >= 0.3 is 0 Å². The Morgan fingerprint density at radius 2 is 1.41 bits per heavy atom. The van der Waals surface area contributed by atoms with Crippen molar-refractivity contribution in [1.82, 2.24) is 0 Å². The lowest BCUT2D eigenvalue weighted by Crippen LogP contribution is -2.43. The Labute approximate surface area is 180 Å². The van der Waals surface area contributed by atoms with Gasteiger partial charge in [0.25, 0.3) is 10.1 Å². The van der Waals surface area contributed by atoms with Gasteiger partial charge < -0.3 is 4.48 Å². The third-order valence-electron chi connectivity index (χ3n) is 5.84.